The Morgan fingerprint density at radius 3 is 1.33 bits per heavy atom. The Labute approximate surface area is 196 Å². The number of carbonyl (C=O) groups excluding carboxylic acids is 2. The molecule has 0 saturated heterocycles. The molecule has 0 aromatic heterocycles. The quantitative estimate of drug-likeness (QED) is 0.560. The van der Waals surface area contributed by atoms with Gasteiger partial charge in [-0.1, -0.05) is 36.4 Å². The first-order chi connectivity index (χ1) is 16.1. The third-order valence-electron chi connectivity index (χ3n) is 6.91. The summed E-state index contributed by atoms with van der Waals surface area (Å²) in [5.74, 6) is 2.60. The zero-order valence-corrected chi connectivity index (χ0v) is 19.1. The number of benzene rings is 2. The van der Waals surface area contributed by atoms with E-state index in [1.54, 1.807) is 24.3 Å². The molecular weight excluding hydrogens is 416 g/mol. The van der Waals surface area contributed by atoms with Crippen molar-refractivity contribution in [3.63, 3.8) is 0 Å². The minimum Gasteiger partial charge on any atom is -0.410 e. The summed E-state index contributed by atoms with van der Waals surface area (Å²) in [7, 11) is 0. The van der Waals surface area contributed by atoms with Gasteiger partial charge < -0.3 is 20.1 Å². The molecule has 0 heterocycles. The number of amides is 2. The van der Waals surface area contributed by atoms with Crippen molar-refractivity contribution < 1.29 is 19.1 Å². The molecule has 2 aliphatic rings. The molecule has 2 amide bonds. The third kappa shape index (κ3) is 7.52. The van der Waals surface area contributed by atoms with Crippen molar-refractivity contribution >= 4 is 12.2 Å². The molecule has 4 rings (SSSR count). The molecule has 2 aliphatic carbocycles. The summed E-state index contributed by atoms with van der Waals surface area (Å²) >= 11 is 0. The fraction of sp³-hybridized carbons (Fsp3) is 0.481. The van der Waals surface area contributed by atoms with E-state index in [1.165, 1.54) is 6.42 Å². The molecule has 6 nitrogen and oxygen atoms in total. The van der Waals surface area contributed by atoms with Crippen LogP contribution in [0.2, 0.25) is 0 Å². The van der Waals surface area contributed by atoms with Gasteiger partial charge in [-0.3, -0.25) is 0 Å². The van der Waals surface area contributed by atoms with E-state index < -0.39 is 0 Å². The van der Waals surface area contributed by atoms with Gasteiger partial charge in [0.1, 0.15) is 11.5 Å². The van der Waals surface area contributed by atoms with Crippen LogP contribution in [0.3, 0.4) is 0 Å². The van der Waals surface area contributed by atoms with E-state index in [-0.39, 0.29) is 24.3 Å². The highest BCUT2D eigenvalue weighted by Gasteiger charge is 2.28. The van der Waals surface area contributed by atoms with E-state index in [0.717, 1.165) is 63.2 Å². The average Bonchev–Trinajstić information content (AvgIpc) is 2.83. The van der Waals surface area contributed by atoms with E-state index in [9.17, 15) is 9.59 Å². The molecule has 33 heavy (non-hydrogen) atoms. The van der Waals surface area contributed by atoms with Gasteiger partial charge >= 0.3 is 12.2 Å². The van der Waals surface area contributed by atoms with Crippen molar-refractivity contribution in [3.8, 4) is 11.5 Å². The molecule has 6 heteroatoms. The molecule has 0 aliphatic heterocycles. The first kappa shape index (κ1) is 23.1. The van der Waals surface area contributed by atoms with Gasteiger partial charge in [0, 0.05) is 12.1 Å². The highest BCUT2D eigenvalue weighted by molar-refractivity contribution is 5.71. The van der Waals surface area contributed by atoms with Gasteiger partial charge in [-0.15, -0.1) is 0 Å². The lowest BCUT2D eigenvalue weighted by molar-refractivity contribution is 0.175. The van der Waals surface area contributed by atoms with Gasteiger partial charge in [-0.25, -0.2) is 9.59 Å². The molecule has 0 radical (unpaired) electrons. The fourth-order valence-electron chi connectivity index (χ4n) is 5.14. The summed E-state index contributed by atoms with van der Waals surface area (Å²) < 4.78 is 10.7. The van der Waals surface area contributed by atoms with E-state index in [0.29, 0.717) is 11.5 Å². The third-order valence-corrected chi connectivity index (χ3v) is 6.91. The molecule has 2 N–H and O–H groups in total. The SMILES string of the molecule is O=C(NC1CCC(CC2CCC(NC(=O)Oc3ccccc3)CC2)CC1)Oc1ccccc1. The van der Waals surface area contributed by atoms with Crippen molar-refractivity contribution in [3.05, 3.63) is 60.7 Å². The van der Waals surface area contributed by atoms with Crippen LogP contribution in [0.15, 0.2) is 60.7 Å². The molecule has 0 bridgehead atoms. The monoisotopic (exact) mass is 450 g/mol. The Hall–Kier alpha value is -3.02. The van der Waals surface area contributed by atoms with Crippen LogP contribution in [0.5, 0.6) is 11.5 Å². The number of para-hydroxylation sites is 2. The van der Waals surface area contributed by atoms with Crippen LogP contribution >= 0.6 is 0 Å². The highest BCUT2D eigenvalue weighted by atomic mass is 16.6. The highest BCUT2D eigenvalue weighted by Crippen LogP contribution is 2.35. The van der Waals surface area contributed by atoms with Crippen molar-refractivity contribution in [1.29, 1.82) is 0 Å². The van der Waals surface area contributed by atoms with Crippen LogP contribution in [-0.2, 0) is 0 Å². The summed E-state index contributed by atoms with van der Waals surface area (Å²) in [6.07, 6.45) is 9.18. The largest absolute Gasteiger partial charge is 0.412 e. The molecule has 2 saturated carbocycles. The second kappa shape index (κ2) is 11.7. The standard InChI is InChI=1S/C27H34N2O4/c30-26(32-24-7-3-1-4-8-24)28-22-15-11-20(12-16-22)19-21-13-17-23(18-14-21)29-27(31)33-25-9-5-2-6-10-25/h1-10,20-23H,11-19H2,(H,28,30)(H,29,31). The first-order valence-corrected chi connectivity index (χ1v) is 12.2. The Morgan fingerprint density at radius 1 is 0.606 bits per heavy atom. The van der Waals surface area contributed by atoms with Crippen LogP contribution in [0, 0.1) is 11.8 Å². The zero-order valence-electron chi connectivity index (χ0n) is 19.1. The lowest BCUT2D eigenvalue weighted by Gasteiger charge is -2.34. The average molecular weight is 451 g/mol. The maximum absolute atomic E-state index is 12.1. The Morgan fingerprint density at radius 2 is 0.970 bits per heavy atom. The lowest BCUT2D eigenvalue weighted by atomic mass is 9.76. The minimum atomic E-state index is -0.360. The summed E-state index contributed by atoms with van der Waals surface area (Å²) in [6.45, 7) is 0. The van der Waals surface area contributed by atoms with Gasteiger partial charge in [0.2, 0.25) is 0 Å². The second-order valence-corrected chi connectivity index (χ2v) is 9.36. The van der Waals surface area contributed by atoms with Crippen LogP contribution in [-0.4, -0.2) is 24.3 Å². The maximum Gasteiger partial charge on any atom is 0.412 e. The summed E-state index contributed by atoms with van der Waals surface area (Å²) in [5.41, 5.74) is 0. The van der Waals surface area contributed by atoms with Gasteiger partial charge in [0.25, 0.3) is 0 Å². The summed E-state index contributed by atoms with van der Waals surface area (Å²) in [6, 6.07) is 18.8. The van der Waals surface area contributed by atoms with Crippen molar-refractivity contribution in [2.24, 2.45) is 11.8 Å². The molecular formula is C27H34N2O4. The fourth-order valence-corrected chi connectivity index (χ4v) is 5.14. The summed E-state index contributed by atoms with van der Waals surface area (Å²) in [4.78, 5) is 24.2. The predicted octanol–water partition coefficient (Wildman–Crippen LogP) is 6.07. The van der Waals surface area contributed by atoms with E-state index in [4.69, 9.17) is 9.47 Å². The molecule has 2 aromatic rings. The summed E-state index contributed by atoms with van der Waals surface area (Å²) in [5, 5.41) is 6.04. The number of nitrogens with one attached hydrogen (secondary N) is 2. The van der Waals surface area contributed by atoms with Crippen LogP contribution in [0.4, 0.5) is 9.59 Å². The predicted molar refractivity (Wildman–Crippen MR) is 127 cm³/mol. The van der Waals surface area contributed by atoms with E-state index in [2.05, 4.69) is 10.6 Å². The number of hydrogen-bond acceptors (Lipinski definition) is 4. The van der Waals surface area contributed by atoms with E-state index in [1.807, 2.05) is 36.4 Å². The topological polar surface area (TPSA) is 76.7 Å². The Balaban J connectivity index is 1.10. The molecule has 0 spiro atoms. The van der Waals surface area contributed by atoms with Gasteiger partial charge in [0.05, 0.1) is 0 Å². The molecule has 0 unspecified atom stereocenters. The van der Waals surface area contributed by atoms with Crippen molar-refractivity contribution in [2.75, 3.05) is 0 Å². The van der Waals surface area contributed by atoms with Crippen LogP contribution in [0.1, 0.15) is 57.8 Å². The molecule has 176 valence electrons. The van der Waals surface area contributed by atoms with Gasteiger partial charge in [0.15, 0.2) is 0 Å². The number of ether oxygens (including phenoxy) is 2. The van der Waals surface area contributed by atoms with Crippen LogP contribution in [0.25, 0.3) is 0 Å². The molecule has 2 fully saturated rings. The van der Waals surface area contributed by atoms with Gasteiger partial charge in [-0.05, 0) is 93.9 Å². The number of hydrogen-bond donors (Lipinski definition) is 2. The van der Waals surface area contributed by atoms with Crippen molar-refractivity contribution in [2.45, 2.75) is 69.9 Å². The van der Waals surface area contributed by atoms with E-state index >= 15 is 0 Å². The molecule has 0 atom stereocenters. The van der Waals surface area contributed by atoms with Crippen LogP contribution < -0.4 is 20.1 Å². The van der Waals surface area contributed by atoms with Gasteiger partial charge in [-0.2, -0.15) is 0 Å². The number of rotatable bonds is 6. The first-order valence-electron chi connectivity index (χ1n) is 12.2. The normalized spacial score (nSPS) is 25.0. The second-order valence-electron chi connectivity index (χ2n) is 9.36. The minimum absolute atomic E-state index is 0.202. The zero-order chi connectivity index (χ0) is 22.9. The Kier molecular flexibility index (Phi) is 8.23. The number of carbonyl (C=O) groups is 2. The smallest absolute Gasteiger partial charge is 0.410 e. The molecule has 2 aromatic carbocycles. The lowest BCUT2D eigenvalue weighted by Crippen LogP contribution is -2.40. The van der Waals surface area contributed by atoms with Crippen molar-refractivity contribution in [1.82, 2.24) is 10.6 Å². The Bertz CT molecular complexity index is 800. The maximum atomic E-state index is 12.1.